The Labute approximate surface area is 172 Å². The standard InChI is InChI=1S/C21H27N3O4S/c1-23-12-13-24(20(16-23)17-7-4-3-5-8-17)21(25)18-9-6-10-19(15-18)29(26,27)22-11-14-28-2/h3-10,15,20,22H,11-14,16H2,1-2H3/t20-/m1/s1. The van der Waals surface area contributed by atoms with Gasteiger partial charge in [-0.15, -0.1) is 0 Å². The van der Waals surface area contributed by atoms with E-state index in [2.05, 4.69) is 9.62 Å². The molecule has 0 radical (unpaired) electrons. The van der Waals surface area contributed by atoms with Crippen molar-refractivity contribution in [3.05, 3.63) is 65.7 Å². The fraction of sp³-hybridized carbons (Fsp3) is 0.381. The number of ether oxygens (including phenoxy) is 1. The third-order valence-corrected chi connectivity index (χ3v) is 6.48. The van der Waals surface area contributed by atoms with E-state index in [9.17, 15) is 13.2 Å². The smallest absolute Gasteiger partial charge is 0.254 e. The van der Waals surface area contributed by atoms with E-state index in [1.165, 1.54) is 19.2 Å². The SMILES string of the molecule is COCCNS(=O)(=O)c1cccc(C(=O)N2CCN(C)C[C@@H]2c2ccccc2)c1. The van der Waals surface area contributed by atoms with Crippen molar-refractivity contribution in [2.75, 3.05) is 46.9 Å². The van der Waals surface area contributed by atoms with Gasteiger partial charge in [-0.2, -0.15) is 0 Å². The lowest BCUT2D eigenvalue weighted by Gasteiger charge is -2.40. The third-order valence-electron chi connectivity index (χ3n) is 5.02. The van der Waals surface area contributed by atoms with E-state index in [0.717, 1.165) is 18.7 Å². The number of benzene rings is 2. The van der Waals surface area contributed by atoms with Crippen LogP contribution >= 0.6 is 0 Å². The molecule has 1 heterocycles. The maximum absolute atomic E-state index is 13.3. The molecule has 8 heteroatoms. The second-order valence-electron chi connectivity index (χ2n) is 7.11. The molecule has 1 saturated heterocycles. The number of amides is 1. The van der Waals surface area contributed by atoms with Gasteiger partial charge in [-0.1, -0.05) is 36.4 Å². The molecule has 2 aromatic carbocycles. The molecule has 1 aliphatic rings. The Morgan fingerprint density at radius 3 is 2.62 bits per heavy atom. The summed E-state index contributed by atoms with van der Waals surface area (Å²) in [6, 6.07) is 16.0. The molecule has 156 valence electrons. The average Bonchev–Trinajstić information content (AvgIpc) is 2.74. The quantitative estimate of drug-likeness (QED) is 0.695. The van der Waals surface area contributed by atoms with Crippen LogP contribution in [-0.2, 0) is 14.8 Å². The van der Waals surface area contributed by atoms with Crippen LogP contribution < -0.4 is 4.72 Å². The molecule has 2 aromatic rings. The molecule has 1 aliphatic heterocycles. The Balaban J connectivity index is 1.85. The van der Waals surface area contributed by atoms with Crippen molar-refractivity contribution < 1.29 is 17.9 Å². The number of likely N-dealkylation sites (N-methyl/N-ethyl adjacent to an activating group) is 1. The molecule has 1 fully saturated rings. The summed E-state index contributed by atoms with van der Waals surface area (Å²) in [5.41, 5.74) is 1.43. The number of nitrogens with one attached hydrogen (secondary N) is 1. The van der Waals surface area contributed by atoms with Gasteiger partial charge >= 0.3 is 0 Å². The van der Waals surface area contributed by atoms with Gasteiger partial charge in [0.15, 0.2) is 0 Å². The number of carbonyl (C=O) groups is 1. The lowest BCUT2D eigenvalue weighted by atomic mass is 10.0. The van der Waals surface area contributed by atoms with E-state index in [1.807, 2.05) is 42.3 Å². The van der Waals surface area contributed by atoms with Crippen LogP contribution in [0.15, 0.2) is 59.5 Å². The predicted octanol–water partition coefficient (Wildman–Crippen LogP) is 1.74. The maximum atomic E-state index is 13.3. The number of piperazine rings is 1. The fourth-order valence-electron chi connectivity index (χ4n) is 3.45. The molecule has 1 atom stereocenters. The highest BCUT2D eigenvalue weighted by molar-refractivity contribution is 7.89. The molecular formula is C21H27N3O4S. The van der Waals surface area contributed by atoms with Crippen LogP contribution in [0, 0.1) is 0 Å². The van der Waals surface area contributed by atoms with Gasteiger partial charge < -0.3 is 14.5 Å². The summed E-state index contributed by atoms with van der Waals surface area (Å²) in [6.45, 7) is 2.53. The highest BCUT2D eigenvalue weighted by Crippen LogP contribution is 2.27. The average molecular weight is 418 g/mol. The van der Waals surface area contributed by atoms with Crippen LogP contribution in [0.4, 0.5) is 0 Å². The lowest BCUT2D eigenvalue weighted by molar-refractivity contribution is 0.0498. The Morgan fingerprint density at radius 2 is 1.90 bits per heavy atom. The summed E-state index contributed by atoms with van der Waals surface area (Å²) in [7, 11) is -0.158. The first-order valence-electron chi connectivity index (χ1n) is 9.55. The molecule has 0 unspecified atom stereocenters. The van der Waals surface area contributed by atoms with E-state index in [0.29, 0.717) is 12.1 Å². The summed E-state index contributed by atoms with van der Waals surface area (Å²) in [5, 5.41) is 0. The summed E-state index contributed by atoms with van der Waals surface area (Å²) < 4.78 is 32.3. The lowest BCUT2D eigenvalue weighted by Crippen LogP contribution is -2.49. The van der Waals surface area contributed by atoms with E-state index < -0.39 is 10.0 Å². The molecule has 3 rings (SSSR count). The van der Waals surface area contributed by atoms with E-state index in [1.54, 1.807) is 12.1 Å². The number of methoxy groups -OCH3 is 1. The first kappa shape index (κ1) is 21.4. The number of hydrogen-bond acceptors (Lipinski definition) is 5. The Bertz CT molecular complexity index is 934. The van der Waals surface area contributed by atoms with Crippen molar-refractivity contribution in [3.63, 3.8) is 0 Å². The zero-order valence-corrected chi connectivity index (χ0v) is 17.6. The Kier molecular flexibility index (Phi) is 7.02. The number of carbonyl (C=O) groups excluding carboxylic acids is 1. The molecule has 29 heavy (non-hydrogen) atoms. The third kappa shape index (κ3) is 5.22. The van der Waals surface area contributed by atoms with Gasteiger partial charge in [0.2, 0.25) is 10.0 Å². The fourth-order valence-corrected chi connectivity index (χ4v) is 4.51. The van der Waals surface area contributed by atoms with Crippen LogP contribution in [0.1, 0.15) is 22.0 Å². The highest BCUT2D eigenvalue weighted by atomic mass is 32.2. The van der Waals surface area contributed by atoms with Crippen LogP contribution in [0.2, 0.25) is 0 Å². The molecule has 7 nitrogen and oxygen atoms in total. The van der Waals surface area contributed by atoms with Crippen molar-refractivity contribution >= 4 is 15.9 Å². The van der Waals surface area contributed by atoms with Crippen molar-refractivity contribution in [1.82, 2.24) is 14.5 Å². The zero-order valence-electron chi connectivity index (χ0n) is 16.7. The Hall–Kier alpha value is -2.26. The van der Waals surface area contributed by atoms with Crippen LogP contribution in [0.3, 0.4) is 0 Å². The zero-order chi connectivity index (χ0) is 20.9. The van der Waals surface area contributed by atoms with Gasteiger partial charge in [0.25, 0.3) is 5.91 Å². The first-order valence-corrected chi connectivity index (χ1v) is 11.0. The molecule has 0 spiro atoms. The second-order valence-corrected chi connectivity index (χ2v) is 8.87. The van der Waals surface area contributed by atoms with Gasteiger partial charge in [-0.3, -0.25) is 4.79 Å². The summed E-state index contributed by atoms with van der Waals surface area (Å²) in [4.78, 5) is 17.4. The van der Waals surface area contributed by atoms with Gasteiger partial charge in [-0.25, -0.2) is 13.1 Å². The molecule has 1 amide bonds. The summed E-state index contributed by atoms with van der Waals surface area (Å²) in [5.74, 6) is -0.166. The molecular weight excluding hydrogens is 390 g/mol. The van der Waals surface area contributed by atoms with Crippen LogP contribution in [0.25, 0.3) is 0 Å². The number of sulfonamides is 1. The maximum Gasteiger partial charge on any atom is 0.254 e. The van der Waals surface area contributed by atoms with E-state index >= 15 is 0 Å². The van der Waals surface area contributed by atoms with E-state index in [-0.39, 0.29) is 30.0 Å². The van der Waals surface area contributed by atoms with Crippen LogP contribution in [0.5, 0.6) is 0 Å². The number of hydrogen-bond donors (Lipinski definition) is 1. The Morgan fingerprint density at radius 1 is 1.14 bits per heavy atom. The monoisotopic (exact) mass is 417 g/mol. The molecule has 1 N–H and O–H groups in total. The van der Waals surface area contributed by atoms with Crippen molar-refractivity contribution in [2.45, 2.75) is 10.9 Å². The summed E-state index contributed by atoms with van der Waals surface area (Å²) in [6.07, 6.45) is 0. The summed E-state index contributed by atoms with van der Waals surface area (Å²) >= 11 is 0. The molecule has 0 bridgehead atoms. The normalized spacial score (nSPS) is 18.0. The van der Waals surface area contributed by atoms with E-state index in [4.69, 9.17) is 4.74 Å². The van der Waals surface area contributed by atoms with Crippen molar-refractivity contribution in [1.29, 1.82) is 0 Å². The highest BCUT2D eigenvalue weighted by Gasteiger charge is 2.31. The van der Waals surface area contributed by atoms with Gasteiger partial charge in [0, 0.05) is 38.9 Å². The largest absolute Gasteiger partial charge is 0.383 e. The number of rotatable bonds is 7. The molecule has 0 saturated carbocycles. The first-order chi connectivity index (χ1) is 13.9. The van der Waals surface area contributed by atoms with Gasteiger partial charge in [0.1, 0.15) is 0 Å². The minimum atomic E-state index is -3.70. The van der Waals surface area contributed by atoms with Gasteiger partial charge in [-0.05, 0) is 30.8 Å². The second kappa shape index (κ2) is 9.49. The van der Waals surface area contributed by atoms with Crippen molar-refractivity contribution in [2.24, 2.45) is 0 Å². The topological polar surface area (TPSA) is 78.9 Å². The molecule has 0 aromatic heterocycles. The minimum Gasteiger partial charge on any atom is -0.383 e. The van der Waals surface area contributed by atoms with Crippen molar-refractivity contribution in [3.8, 4) is 0 Å². The predicted molar refractivity (Wildman–Crippen MR) is 111 cm³/mol. The minimum absolute atomic E-state index is 0.0739. The molecule has 0 aliphatic carbocycles. The number of nitrogens with zero attached hydrogens (tertiary/aromatic N) is 2. The van der Waals surface area contributed by atoms with Crippen LogP contribution in [-0.4, -0.2) is 71.1 Å². The van der Waals surface area contributed by atoms with Gasteiger partial charge in [0.05, 0.1) is 17.5 Å².